The molecule has 0 N–H and O–H groups in total. The fourth-order valence-electron chi connectivity index (χ4n) is 2.79. The average molecular weight is 315 g/mol. The maximum absolute atomic E-state index is 10.8. The van der Waals surface area contributed by atoms with Crippen molar-refractivity contribution >= 4 is 16.6 Å². The zero-order chi connectivity index (χ0) is 16.5. The normalized spacial score (nSPS) is 10.8. The van der Waals surface area contributed by atoms with Crippen molar-refractivity contribution in [3.05, 3.63) is 89.0 Å². The highest BCUT2D eigenvalue weighted by Gasteiger charge is 2.13. The summed E-state index contributed by atoms with van der Waals surface area (Å²) in [6.45, 7) is 0. The molecule has 4 rings (SSSR count). The van der Waals surface area contributed by atoms with E-state index in [2.05, 4.69) is 0 Å². The molecule has 0 spiro atoms. The molecule has 116 valence electrons. The topological polar surface area (TPSA) is 61.0 Å². The van der Waals surface area contributed by atoms with Gasteiger partial charge in [-0.1, -0.05) is 48.5 Å². The second-order valence-electron chi connectivity index (χ2n) is 5.42. The average Bonchev–Trinajstić information content (AvgIpc) is 3.02. The van der Waals surface area contributed by atoms with E-state index in [9.17, 15) is 10.1 Å². The number of benzene rings is 3. The lowest BCUT2D eigenvalue weighted by Gasteiger charge is -2.02. The van der Waals surface area contributed by atoms with Crippen LogP contribution < -0.4 is 0 Å². The Hall–Kier alpha value is -3.47. The van der Waals surface area contributed by atoms with Crippen molar-refractivity contribution in [2.45, 2.75) is 0 Å². The van der Waals surface area contributed by atoms with Gasteiger partial charge in [-0.05, 0) is 18.2 Å². The summed E-state index contributed by atoms with van der Waals surface area (Å²) in [4.78, 5) is 10.4. The Morgan fingerprint density at radius 1 is 0.833 bits per heavy atom. The van der Waals surface area contributed by atoms with Gasteiger partial charge in [-0.3, -0.25) is 10.1 Å². The smallest absolute Gasteiger partial charge is 0.258 e. The highest BCUT2D eigenvalue weighted by molar-refractivity contribution is 5.94. The number of nitro groups is 1. The molecule has 24 heavy (non-hydrogen) atoms. The standard InChI is InChI=1S/C19H13N3O2/c23-22(24)16-12-10-15(11-13-16)21-18-9-5-4-8-17(18)19(20-21)14-6-2-1-3-7-14/h1-13H. The minimum absolute atomic E-state index is 0.0681. The van der Waals surface area contributed by atoms with Gasteiger partial charge in [0, 0.05) is 23.1 Å². The summed E-state index contributed by atoms with van der Waals surface area (Å²) in [5, 5.41) is 16.6. The van der Waals surface area contributed by atoms with Crippen LogP contribution in [-0.2, 0) is 0 Å². The zero-order valence-corrected chi connectivity index (χ0v) is 12.7. The van der Waals surface area contributed by atoms with Crippen LogP contribution in [0.25, 0.3) is 27.8 Å². The first-order chi connectivity index (χ1) is 11.7. The Bertz CT molecular complexity index is 1020. The van der Waals surface area contributed by atoms with E-state index < -0.39 is 4.92 Å². The quantitative estimate of drug-likeness (QED) is 0.410. The summed E-state index contributed by atoms with van der Waals surface area (Å²) in [6.07, 6.45) is 0. The summed E-state index contributed by atoms with van der Waals surface area (Å²) >= 11 is 0. The number of aromatic nitrogens is 2. The summed E-state index contributed by atoms with van der Waals surface area (Å²) in [7, 11) is 0. The first-order valence-corrected chi connectivity index (χ1v) is 7.52. The van der Waals surface area contributed by atoms with Crippen molar-refractivity contribution < 1.29 is 4.92 Å². The molecule has 1 aromatic heterocycles. The van der Waals surface area contributed by atoms with Crippen LogP contribution in [0.15, 0.2) is 78.9 Å². The molecule has 5 nitrogen and oxygen atoms in total. The van der Waals surface area contributed by atoms with E-state index in [1.54, 1.807) is 12.1 Å². The number of rotatable bonds is 3. The van der Waals surface area contributed by atoms with Gasteiger partial charge in [-0.25, -0.2) is 4.68 Å². The Labute approximate surface area is 137 Å². The number of hydrogen-bond donors (Lipinski definition) is 0. The van der Waals surface area contributed by atoms with Gasteiger partial charge in [0.1, 0.15) is 5.69 Å². The molecule has 0 aliphatic heterocycles. The van der Waals surface area contributed by atoms with Crippen LogP contribution in [0.2, 0.25) is 0 Å². The minimum atomic E-state index is -0.402. The van der Waals surface area contributed by atoms with Crippen molar-refractivity contribution in [1.29, 1.82) is 0 Å². The number of fused-ring (bicyclic) bond motifs is 1. The molecule has 4 aromatic rings. The molecule has 0 saturated heterocycles. The maximum Gasteiger partial charge on any atom is 0.269 e. The molecule has 3 aromatic carbocycles. The monoisotopic (exact) mass is 315 g/mol. The molecular weight excluding hydrogens is 302 g/mol. The van der Waals surface area contributed by atoms with Gasteiger partial charge in [0.2, 0.25) is 0 Å². The van der Waals surface area contributed by atoms with Crippen molar-refractivity contribution in [2.75, 3.05) is 0 Å². The number of nitrogens with zero attached hydrogens (tertiary/aromatic N) is 3. The van der Waals surface area contributed by atoms with Gasteiger partial charge in [0.25, 0.3) is 5.69 Å². The van der Waals surface area contributed by atoms with Crippen LogP contribution in [0, 0.1) is 10.1 Å². The Morgan fingerprint density at radius 3 is 2.21 bits per heavy atom. The van der Waals surface area contributed by atoms with E-state index in [1.807, 2.05) is 59.3 Å². The summed E-state index contributed by atoms with van der Waals surface area (Å²) in [5.41, 5.74) is 3.75. The summed E-state index contributed by atoms with van der Waals surface area (Å²) in [5.74, 6) is 0. The van der Waals surface area contributed by atoms with Gasteiger partial charge < -0.3 is 0 Å². The summed E-state index contributed by atoms with van der Waals surface area (Å²) < 4.78 is 1.82. The van der Waals surface area contributed by atoms with Gasteiger partial charge in [-0.15, -0.1) is 0 Å². The van der Waals surface area contributed by atoms with Crippen molar-refractivity contribution in [3.8, 4) is 16.9 Å². The molecule has 0 unspecified atom stereocenters. The lowest BCUT2D eigenvalue weighted by atomic mass is 10.1. The van der Waals surface area contributed by atoms with Crippen LogP contribution in [-0.4, -0.2) is 14.7 Å². The third kappa shape index (κ3) is 2.32. The molecule has 0 saturated carbocycles. The van der Waals surface area contributed by atoms with Crippen LogP contribution >= 0.6 is 0 Å². The second-order valence-corrected chi connectivity index (χ2v) is 5.42. The molecule has 1 heterocycles. The van der Waals surface area contributed by atoms with Gasteiger partial charge in [0.05, 0.1) is 16.1 Å². The zero-order valence-electron chi connectivity index (χ0n) is 12.7. The lowest BCUT2D eigenvalue weighted by molar-refractivity contribution is -0.384. The van der Waals surface area contributed by atoms with Crippen LogP contribution in [0.4, 0.5) is 5.69 Å². The molecule has 0 aliphatic carbocycles. The van der Waals surface area contributed by atoms with Gasteiger partial charge in [0.15, 0.2) is 0 Å². The minimum Gasteiger partial charge on any atom is -0.258 e. The highest BCUT2D eigenvalue weighted by atomic mass is 16.6. The third-order valence-electron chi connectivity index (χ3n) is 3.94. The molecule has 0 radical (unpaired) electrons. The number of nitro benzene ring substituents is 1. The van der Waals surface area contributed by atoms with Crippen LogP contribution in [0.1, 0.15) is 0 Å². The molecule has 0 amide bonds. The van der Waals surface area contributed by atoms with Crippen molar-refractivity contribution in [3.63, 3.8) is 0 Å². The third-order valence-corrected chi connectivity index (χ3v) is 3.94. The SMILES string of the molecule is O=[N+]([O-])c1ccc(-n2nc(-c3ccccc3)c3ccccc32)cc1. The molecule has 0 atom stereocenters. The number of para-hydroxylation sites is 1. The largest absolute Gasteiger partial charge is 0.269 e. The van der Waals surface area contributed by atoms with E-state index in [1.165, 1.54) is 12.1 Å². The Morgan fingerprint density at radius 2 is 1.50 bits per heavy atom. The summed E-state index contributed by atoms with van der Waals surface area (Å²) in [6, 6.07) is 24.4. The maximum atomic E-state index is 10.8. The van der Waals surface area contributed by atoms with Crippen LogP contribution in [0.5, 0.6) is 0 Å². The molecule has 0 aliphatic rings. The molecule has 0 fully saturated rings. The fourth-order valence-corrected chi connectivity index (χ4v) is 2.79. The highest BCUT2D eigenvalue weighted by Crippen LogP contribution is 2.29. The number of non-ortho nitro benzene ring substituents is 1. The van der Waals surface area contributed by atoms with E-state index in [-0.39, 0.29) is 5.69 Å². The van der Waals surface area contributed by atoms with E-state index >= 15 is 0 Å². The van der Waals surface area contributed by atoms with E-state index in [0.717, 1.165) is 27.8 Å². The van der Waals surface area contributed by atoms with Gasteiger partial charge >= 0.3 is 0 Å². The Kier molecular flexibility index (Phi) is 3.31. The first kappa shape index (κ1) is 14.1. The molecular formula is C19H13N3O2. The van der Waals surface area contributed by atoms with Crippen LogP contribution in [0.3, 0.4) is 0 Å². The van der Waals surface area contributed by atoms with Crippen molar-refractivity contribution in [1.82, 2.24) is 9.78 Å². The first-order valence-electron chi connectivity index (χ1n) is 7.52. The van der Waals surface area contributed by atoms with Crippen molar-refractivity contribution in [2.24, 2.45) is 0 Å². The predicted molar refractivity (Wildman–Crippen MR) is 93.2 cm³/mol. The number of hydrogen-bond acceptors (Lipinski definition) is 3. The van der Waals surface area contributed by atoms with E-state index in [0.29, 0.717) is 0 Å². The van der Waals surface area contributed by atoms with Gasteiger partial charge in [-0.2, -0.15) is 5.10 Å². The fraction of sp³-hybridized carbons (Fsp3) is 0. The lowest BCUT2D eigenvalue weighted by Crippen LogP contribution is -1.97. The Balaban J connectivity index is 1.92. The predicted octanol–water partition coefficient (Wildman–Crippen LogP) is 4.60. The second kappa shape index (κ2) is 5.62. The van der Waals surface area contributed by atoms with E-state index in [4.69, 9.17) is 5.10 Å². The molecule has 5 heteroatoms. The molecule has 0 bridgehead atoms.